The third-order valence-corrected chi connectivity index (χ3v) is 5.52. The molecule has 1 aliphatic rings. The minimum absolute atomic E-state index is 0.0207. The van der Waals surface area contributed by atoms with Crippen molar-refractivity contribution < 1.29 is 9.18 Å². The van der Waals surface area contributed by atoms with Crippen molar-refractivity contribution in [3.05, 3.63) is 59.9 Å². The molecule has 0 atom stereocenters. The van der Waals surface area contributed by atoms with Crippen LogP contribution in [0.5, 0.6) is 0 Å². The van der Waals surface area contributed by atoms with Crippen LogP contribution in [0.3, 0.4) is 0 Å². The van der Waals surface area contributed by atoms with Crippen molar-refractivity contribution >= 4 is 32.6 Å². The number of aromatic nitrogens is 1. The molecule has 0 radical (unpaired) electrons. The van der Waals surface area contributed by atoms with Crippen molar-refractivity contribution in [3.63, 3.8) is 0 Å². The number of halogens is 1. The molecular formula is C19H18FN3OS. The quantitative estimate of drug-likeness (QED) is 0.764. The molecule has 1 amide bonds. The van der Waals surface area contributed by atoms with Crippen molar-refractivity contribution in [3.8, 4) is 0 Å². The fourth-order valence-corrected chi connectivity index (χ4v) is 3.96. The van der Waals surface area contributed by atoms with Gasteiger partial charge in [-0.3, -0.25) is 4.79 Å². The summed E-state index contributed by atoms with van der Waals surface area (Å²) in [5, 5.41) is 3.78. The fraction of sp³-hybridized carbons (Fsp3) is 0.263. The van der Waals surface area contributed by atoms with E-state index in [1.54, 1.807) is 6.07 Å². The number of para-hydroxylation sites is 1. The smallest absolute Gasteiger partial charge is 0.226 e. The summed E-state index contributed by atoms with van der Waals surface area (Å²) in [5.74, 6) is -0.233. The fourth-order valence-electron chi connectivity index (χ4n) is 2.96. The van der Waals surface area contributed by atoms with Crippen LogP contribution in [0.1, 0.15) is 5.56 Å². The third-order valence-electron chi connectivity index (χ3n) is 4.44. The van der Waals surface area contributed by atoms with Gasteiger partial charge in [0.15, 0.2) is 5.13 Å². The summed E-state index contributed by atoms with van der Waals surface area (Å²) in [5.41, 5.74) is 1.63. The Morgan fingerprint density at radius 2 is 2.00 bits per heavy atom. The maximum absolute atomic E-state index is 13.7. The molecule has 6 heteroatoms. The molecule has 2 heterocycles. The Bertz CT molecular complexity index is 890. The Hall–Kier alpha value is -2.47. The number of rotatable bonds is 5. The first-order chi connectivity index (χ1) is 12.2. The van der Waals surface area contributed by atoms with E-state index in [1.165, 1.54) is 23.0 Å². The Balaban J connectivity index is 1.29. The van der Waals surface area contributed by atoms with Crippen molar-refractivity contribution in [1.82, 2.24) is 10.3 Å². The van der Waals surface area contributed by atoms with Crippen LogP contribution in [-0.4, -0.2) is 30.5 Å². The molecule has 1 aliphatic heterocycles. The molecule has 1 N–H and O–H groups in total. The Labute approximate surface area is 149 Å². The number of hydrogen-bond acceptors (Lipinski definition) is 4. The molecule has 1 saturated heterocycles. The van der Waals surface area contributed by atoms with E-state index in [2.05, 4.69) is 22.4 Å². The molecule has 4 rings (SSSR count). The number of nitrogens with one attached hydrogen (secondary N) is 1. The Morgan fingerprint density at radius 1 is 1.20 bits per heavy atom. The summed E-state index contributed by atoms with van der Waals surface area (Å²) in [6, 6.07) is 15.1. The first-order valence-corrected chi connectivity index (χ1v) is 9.14. The zero-order valence-corrected chi connectivity index (χ0v) is 14.4. The summed E-state index contributed by atoms with van der Waals surface area (Å²) >= 11 is 1.47. The lowest BCUT2D eigenvalue weighted by Crippen LogP contribution is -2.54. The number of anilines is 1. The molecule has 0 spiro atoms. The molecule has 3 aromatic rings. The highest BCUT2D eigenvalue weighted by Crippen LogP contribution is 2.33. The van der Waals surface area contributed by atoms with Gasteiger partial charge >= 0.3 is 0 Å². The number of hydrogen-bond donors (Lipinski definition) is 1. The number of benzene rings is 2. The molecular weight excluding hydrogens is 337 g/mol. The topological polar surface area (TPSA) is 45.2 Å². The van der Waals surface area contributed by atoms with Crippen LogP contribution in [0.15, 0.2) is 48.5 Å². The molecule has 0 bridgehead atoms. The number of nitrogens with zero attached hydrogens (tertiary/aromatic N) is 2. The SMILES string of the molecule is O=C(NCCc1ccccc1)C1CN(c2nc3c(F)cccc3s2)C1. The second-order valence-electron chi connectivity index (χ2n) is 6.21. The molecule has 0 saturated carbocycles. The predicted octanol–water partition coefficient (Wildman–Crippen LogP) is 3.23. The van der Waals surface area contributed by atoms with Crippen LogP contribution < -0.4 is 10.2 Å². The van der Waals surface area contributed by atoms with E-state index in [1.807, 2.05) is 29.2 Å². The van der Waals surface area contributed by atoms with Gasteiger partial charge in [0.2, 0.25) is 5.91 Å². The van der Waals surface area contributed by atoms with Crippen LogP contribution in [0.4, 0.5) is 9.52 Å². The van der Waals surface area contributed by atoms with E-state index in [9.17, 15) is 9.18 Å². The summed E-state index contributed by atoms with van der Waals surface area (Å²) in [7, 11) is 0. The predicted molar refractivity (Wildman–Crippen MR) is 98.4 cm³/mol. The highest BCUT2D eigenvalue weighted by molar-refractivity contribution is 7.22. The van der Waals surface area contributed by atoms with E-state index in [0.29, 0.717) is 25.2 Å². The van der Waals surface area contributed by atoms with Gasteiger partial charge in [-0.1, -0.05) is 47.7 Å². The highest BCUT2D eigenvalue weighted by atomic mass is 32.1. The first kappa shape index (κ1) is 16.0. The second-order valence-corrected chi connectivity index (χ2v) is 7.22. The molecule has 4 nitrogen and oxygen atoms in total. The normalized spacial score (nSPS) is 14.5. The first-order valence-electron chi connectivity index (χ1n) is 8.32. The largest absolute Gasteiger partial charge is 0.355 e. The molecule has 1 fully saturated rings. The van der Waals surface area contributed by atoms with Gasteiger partial charge in [-0.05, 0) is 24.1 Å². The van der Waals surface area contributed by atoms with Gasteiger partial charge in [0.05, 0.1) is 10.6 Å². The molecule has 0 aliphatic carbocycles. The lowest BCUT2D eigenvalue weighted by atomic mass is 10.00. The summed E-state index contributed by atoms with van der Waals surface area (Å²) < 4.78 is 14.6. The van der Waals surface area contributed by atoms with Crippen LogP contribution in [0, 0.1) is 11.7 Å². The monoisotopic (exact) mass is 355 g/mol. The number of carbonyl (C=O) groups is 1. The standard InChI is InChI=1S/C19H18FN3OS/c20-15-7-4-8-16-17(15)22-19(25-16)23-11-14(12-23)18(24)21-10-9-13-5-2-1-3-6-13/h1-8,14H,9-12H2,(H,21,24). The van der Waals surface area contributed by atoms with Gasteiger partial charge in [-0.15, -0.1) is 0 Å². The van der Waals surface area contributed by atoms with Gasteiger partial charge < -0.3 is 10.2 Å². The summed E-state index contributed by atoms with van der Waals surface area (Å²) in [4.78, 5) is 18.6. The summed E-state index contributed by atoms with van der Waals surface area (Å²) in [6.45, 7) is 1.92. The van der Waals surface area contributed by atoms with Gasteiger partial charge in [0.25, 0.3) is 0 Å². The molecule has 2 aromatic carbocycles. The summed E-state index contributed by atoms with van der Waals surface area (Å²) in [6.07, 6.45) is 0.833. The van der Waals surface area contributed by atoms with Gasteiger partial charge in [-0.2, -0.15) is 0 Å². The van der Waals surface area contributed by atoms with E-state index in [4.69, 9.17) is 0 Å². The average Bonchev–Trinajstić information content (AvgIpc) is 2.99. The lowest BCUT2D eigenvalue weighted by Gasteiger charge is -2.37. The minimum Gasteiger partial charge on any atom is -0.355 e. The van der Waals surface area contributed by atoms with Crippen molar-refractivity contribution in [2.24, 2.45) is 5.92 Å². The highest BCUT2D eigenvalue weighted by Gasteiger charge is 2.34. The van der Waals surface area contributed by atoms with E-state index < -0.39 is 0 Å². The van der Waals surface area contributed by atoms with Crippen molar-refractivity contribution in [1.29, 1.82) is 0 Å². The van der Waals surface area contributed by atoms with E-state index in [0.717, 1.165) is 16.3 Å². The lowest BCUT2D eigenvalue weighted by molar-refractivity contribution is -0.125. The molecule has 128 valence electrons. The van der Waals surface area contributed by atoms with Gasteiger partial charge in [0.1, 0.15) is 11.3 Å². The van der Waals surface area contributed by atoms with Crippen LogP contribution >= 0.6 is 11.3 Å². The van der Waals surface area contributed by atoms with Crippen molar-refractivity contribution in [2.75, 3.05) is 24.5 Å². The molecule has 1 aromatic heterocycles. The molecule has 25 heavy (non-hydrogen) atoms. The Morgan fingerprint density at radius 3 is 2.76 bits per heavy atom. The maximum atomic E-state index is 13.7. The van der Waals surface area contributed by atoms with Crippen molar-refractivity contribution in [2.45, 2.75) is 6.42 Å². The van der Waals surface area contributed by atoms with Gasteiger partial charge in [0, 0.05) is 19.6 Å². The maximum Gasteiger partial charge on any atom is 0.226 e. The van der Waals surface area contributed by atoms with E-state index >= 15 is 0 Å². The number of carbonyl (C=O) groups excluding carboxylic acids is 1. The van der Waals surface area contributed by atoms with Crippen LogP contribution in [0.2, 0.25) is 0 Å². The van der Waals surface area contributed by atoms with Crippen LogP contribution in [-0.2, 0) is 11.2 Å². The molecule has 0 unspecified atom stereocenters. The third kappa shape index (κ3) is 3.35. The Kier molecular flexibility index (Phi) is 4.36. The zero-order chi connectivity index (χ0) is 17.2. The van der Waals surface area contributed by atoms with Crippen LogP contribution in [0.25, 0.3) is 10.2 Å². The average molecular weight is 355 g/mol. The van der Waals surface area contributed by atoms with E-state index in [-0.39, 0.29) is 17.6 Å². The zero-order valence-electron chi connectivity index (χ0n) is 13.6. The van der Waals surface area contributed by atoms with Gasteiger partial charge in [-0.25, -0.2) is 9.37 Å². The minimum atomic E-state index is -0.296. The number of fused-ring (bicyclic) bond motifs is 1. The number of amides is 1. The number of thiazole rings is 1. The second kappa shape index (κ2) is 6.80.